The van der Waals surface area contributed by atoms with Gasteiger partial charge in [0.25, 0.3) is 0 Å². The molecule has 0 saturated carbocycles. The SMILES string of the molecule is CCCCCCCCCCC(=O)OC[C@H](COP(=O)(O)OC[C@H](O)COP(=O)(O)OC[C@@H](COC(=O)CCCCCCCCCCCCCCC(C)C)OC(=O)CCCCCCCCCCCCCCCCC(C)CC)OC(=O)CCCCCCCCCC(C)C. The number of carbonyl (C=O) groups is 4. The van der Waals surface area contributed by atoms with Crippen LogP contribution in [0.25, 0.3) is 0 Å². The first-order chi connectivity index (χ1) is 43.8. The average molecular weight is 1340 g/mol. The summed E-state index contributed by atoms with van der Waals surface area (Å²) in [4.78, 5) is 72.5. The molecule has 0 spiro atoms. The zero-order chi connectivity index (χ0) is 67.3. The fraction of sp³-hybridized carbons (Fsp3) is 0.944. The number of aliphatic hydroxyl groups excluding tert-OH is 1. The molecule has 17 nitrogen and oxygen atoms in total. The van der Waals surface area contributed by atoms with Gasteiger partial charge in [0.2, 0.25) is 0 Å². The van der Waals surface area contributed by atoms with Gasteiger partial charge in [-0.25, -0.2) is 9.13 Å². The summed E-state index contributed by atoms with van der Waals surface area (Å²) in [6.07, 6.45) is 47.3. The molecule has 91 heavy (non-hydrogen) atoms. The minimum Gasteiger partial charge on any atom is -0.462 e. The molecule has 0 aliphatic rings. The van der Waals surface area contributed by atoms with Gasteiger partial charge in [0.15, 0.2) is 12.2 Å². The van der Waals surface area contributed by atoms with Crippen molar-refractivity contribution in [3.8, 4) is 0 Å². The Bertz CT molecular complexity index is 1790. The minimum absolute atomic E-state index is 0.103. The molecule has 0 aromatic carbocycles. The van der Waals surface area contributed by atoms with Gasteiger partial charge in [-0.1, -0.05) is 312 Å². The summed E-state index contributed by atoms with van der Waals surface area (Å²) in [5.74, 6) is 0.196. The van der Waals surface area contributed by atoms with Crippen molar-refractivity contribution in [2.24, 2.45) is 17.8 Å². The fourth-order valence-electron chi connectivity index (χ4n) is 10.9. The lowest BCUT2D eigenvalue weighted by Crippen LogP contribution is -2.30. The van der Waals surface area contributed by atoms with Gasteiger partial charge in [0, 0.05) is 25.7 Å². The van der Waals surface area contributed by atoms with E-state index in [9.17, 15) is 43.2 Å². The first-order valence-electron chi connectivity index (χ1n) is 37.4. The van der Waals surface area contributed by atoms with Crippen molar-refractivity contribution in [1.29, 1.82) is 0 Å². The van der Waals surface area contributed by atoms with Crippen LogP contribution in [-0.4, -0.2) is 96.7 Å². The maximum Gasteiger partial charge on any atom is 0.472 e. The van der Waals surface area contributed by atoms with E-state index in [0.717, 1.165) is 108 Å². The molecule has 0 fully saturated rings. The Morgan fingerprint density at radius 3 is 0.835 bits per heavy atom. The molecule has 19 heteroatoms. The van der Waals surface area contributed by atoms with Crippen molar-refractivity contribution in [2.75, 3.05) is 39.6 Å². The Morgan fingerprint density at radius 2 is 0.560 bits per heavy atom. The minimum atomic E-state index is -4.95. The van der Waals surface area contributed by atoms with Gasteiger partial charge in [-0.05, 0) is 43.4 Å². The molecule has 0 bridgehead atoms. The van der Waals surface area contributed by atoms with Crippen molar-refractivity contribution in [3.05, 3.63) is 0 Å². The molecule has 3 unspecified atom stereocenters. The van der Waals surface area contributed by atoms with Crippen LogP contribution in [0.4, 0.5) is 0 Å². The highest BCUT2D eigenvalue weighted by Crippen LogP contribution is 2.45. The number of hydrogen-bond donors (Lipinski definition) is 3. The van der Waals surface area contributed by atoms with Crippen LogP contribution >= 0.6 is 15.6 Å². The Morgan fingerprint density at radius 1 is 0.319 bits per heavy atom. The number of phosphoric acid groups is 2. The van der Waals surface area contributed by atoms with Crippen molar-refractivity contribution in [2.45, 2.75) is 381 Å². The largest absolute Gasteiger partial charge is 0.472 e. The first-order valence-corrected chi connectivity index (χ1v) is 40.4. The van der Waals surface area contributed by atoms with Gasteiger partial charge in [-0.3, -0.25) is 37.3 Å². The molecular weight excluding hydrogens is 1200 g/mol. The van der Waals surface area contributed by atoms with Crippen LogP contribution in [0.2, 0.25) is 0 Å². The van der Waals surface area contributed by atoms with Crippen molar-refractivity contribution < 1.29 is 80.2 Å². The highest BCUT2D eigenvalue weighted by atomic mass is 31.2. The van der Waals surface area contributed by atoms with Gasteiger partial charge in [0.05, 0.1) is 26.4 Å². The lowest BCUT2D eigenvalue weighted by molar-refractivity contribution is -0.161. The lowest BCUT2D eigenvalue weighted by Gasteiger charge is -2.21. The molecule has 540 valence electrons. The zero-order valence-electron chi connectivity index (χ0n) is 59.3. The van der Waals surface area contributed by atoms with Gasteiger partial charge in [-0.15, -0.1) is 0 Å². The van der Waals surface area contributed by atoms with E-state index in [2.05, 4.69) is 48.5 Å². The summed E-state index contributed by atoms with van der Waals surface area (Å²) in [5.41, 5.74) is 0. The molecule has 3 N–H and O–H groups in total. The highest BCUT2D eigenvalue weighted by Gasteiger charge is 2.30. The number of ether oxygens (including phenoxy) is 4. The highest BCUT2D eigenvalue weighted by molar-refractivity contribution is 7.47. The molecule has 0 rings (SSSR count). The predicted octanol–water partition coefficient (Wildman–Crippen LogP) is 20.6. The standard InChI is InChI=1S/C72H140O17P2/c1-8-10-11-12-13-32-39-46-53-69(74)82-59-68(89-72(77)56-49-42-35-28-30-37-44-51-64(5)6)62-87-91(80,81)85-58-66(73)57-84-90(78,79)86-61-67(60-83-70(75)54-47-40-33-26-22-19-18-20-24-29-36-43-50-63(3)4)88-71(76)55-48-41-34-27-23-17-15-14-16-21-25-31-38-45-52-65(7)9-2/h63-68,73H,8-62H2,1-7H3,(H,78,79)(H,80,81)/t65?,66-,67-,68-/m1/s1. The van der Waals surface area contributed by atoms with E-state index in [1.807, 2.05) is 0 Å². The van der Waals surface area contributed by atoms with Crippen LogP contribution in [-0.2, 0) is 65.4 Å². The van der Waals surface area contributed by atoms with E-state index in [-0.39, 0.29) is 25.7 Å². The van der Waals surface area contributed by atoms with Crippen molar-refractivity contribution >= 4 is 39.5 Å². The zero-order valence-corrected chi connectivity index (χ0v) is 61.1. The first kappa shape index (κ1) is 89.1. The number of unbranched alkanes of at least 4 members (excludes halogenated alkanes) is 37. The summed E-state index contributed by atoms with van der Waals surface area (Å²) >= 11 is 0. The summed E-state index contributed by atoms with van der Waals surface area (Å²) in [5, 5.41) is 10.6. The van der Waals surface area contributed by atoms with Crippen LogP contribution in [0.3, 0.4) is 0 Å². The van der Waals surface area contributed by atoms with E-state index >= 15 is 0 Å². The number of aliphatic hydroxyl groups is 1. The second kappa shape index (κ2) is 62.8. The average Bonchev–Trinajstić information content (AvgIpc) is 3.36. The molecule has 0 amide bonds. The normalized spacial score (nSPS) is 14.5. The molecule has 0 saturated heterocycles. The molecule has 0 aromatic rings. The third-order valence-corrected chi connectivity index (χ3v) is 18.9. The smallest absolute Gasteiger partial charge is 0.462 e. The molecule has 0 aliphatic carbocycles. The number of esters is 4. The van der Waals surface area contributed by atoms with E-state index in [0.29, 0.717) is 31.6 Å². The molecule has 6 atom stereocenters. The molecule has 0 aliphatic heterocycles. The summed E-state index contributed by atoms with van der Waals surface area (Å²) in [6, 6.07) is 0. The number of phosphoric ester groups is 2. The Kier molecular flexibility index (Phi) is 61.5. The van der Waals surface area contributed by atoms with Crippen LogP contribution in [0.15, 0.2) is 0 Å². The maximum atomic E-state index is 13.0. The third-order valence-electron chi connectivity index (χ3n) is 17.0. The lowest BCUT2D eigenvalue weighted by atomic mass is 9.99. The monoisotopic (exact) mass is 1340 g/mol. The third kappa shape index (κ3) is 65.1. The van der Waals surface area contributed by atoms with Crippen molar-refractivity contribution in [3.63, 3.8) is 0 Å². The fourth-order valence-corrected chi connectivity index (χ4v) is 12.4. The van der Waals surface area contributed by atoms with E-state index < -0.39 is 97.5 Å². The number of carbonyl (C=O) groups excluding carboxylic acids is 4. The second-order valence-corrected chi connectivity index (χ2v) is 30.1. The molecular formula is C72H140O17P2. The van der Waals surface area contributed by atoms with E-state index in [4.69, 9.17) is 37.0 Å². The quantitative estimate of drug-likeness (QED) is 0.0222. The Balaban J connectivity index is 5.21. The number of rotatable bonds is 70. The van der Waals surface area contributed by atoms with Gasteiger partial charge in [0.1, 0.15) is 19.3 Å². The van der Waals surface area contributed by atoms with E-state index in [1.54, 1.807) is 0 Å². The number of hydrogen-bond acceptors (Lipinski definition) is 15. The topological polar surface area (TPSA) is 237 Å². The summed E-state index contributed by atoms with van der Waals surface area (Å²) in [6.45, 7) is 11.8. The van der Waals surface area contributed by atoms with E-state index in [1.165, 1.54) is 167 Å². The second-order valence-electron chi connectivity index (χ2n) is 27.2. The maximum absolute atomic E-state index is 13.0. The molecule has 0 radical (unpaired) electrons. The van der Waals surface area contributed by atoms with Crippen molar-refractivity contribution in [1.82, 2.24) is 0 Å². The Hall–Kier alpha value is -1.94. The van der Waals surface area contributed by atoms with Gasteiger partial charge >= 0.3 is 39.5 Å². The van der Waals surface area contributed by atoms with Crippen LogP contribution in [0.5, 0.6) is 0 Å². The van der Waals surface area contributed by atoms with Gasteiger partial charge in [-0.2, -0.15) is 0 Å². The molecule has 0 heterocycles. The molecule has 0 aromatic heterocycles. The summed E-state index contributed by atoms with van der Waals surface area (Å²) in [7, 11) is -9.90. The van der Waals surface area contributed by atoms with Crippen LogP contribution < -0.4 is 0 Å². The Labute approximate surface area is 556 Å². The summed E-state index contributed by atoms with van der Waals surface area (Å²) < 4.78 is 68.3. The van der Waals surface area contributed by atoms with Gasteiger partial charge < -0.3 is 33.8 Å². The predicted molar refractivity (Wildman–Crippen MR) is 368 cm³/mol. The van der Waals surface area contributed by atoms with Crippen LogP contribution in [0.1, 0.15) is 363 Å². The van der Waals surface area contributed by atoms with Crippen LogP contribution in [0, 0.1) is 17.8 Å².